The molecule has 1 N–H and O–H groups in total. The first-order valence-corrected chi connectivity index (χ1v) is 5.94. The molecular weight excluding hydrogens is 212 g/mol. The van der Waals surface area contributed by atoms with Crippen LogP contribution in [0.3, 0.4) is 0 Å². The molecule has 3 nitrogen and oxygen atoms in total. The van der Waals surface area contributed by atoms with Crippen molar-refractivity contribution in [1.82, 2.24) is 5.43 Å². The Morgan fingerprint density at radius 2 is 2.06 bits per heavy atom. The second-order valence-electron chi connectivity index (χ2n) is 4.09. The van der Waals surface area contributed by atoms with Gasteiger partial charge in [0.25, 0.3) is 5.91 Å². The Morgan fingerprint density at radius 3 is 2.76 bits per heavy atom. The molecule has 1 aromatic rings. The summed E-state index contributed by atoms with van der Waals surface area (Å²) in [5.74, 6) is -0.168. The van der Waals surface area contributed by atoms with Gasteiger partial charge < -0.3 is 0 Å². The third-order valence-electron chi connectivity index (χ3n) is 2.76. The normalized spacial score (nSPS) is 15.6. The van der Waals surface area contributed by atoms with Crippen molar-refractivity contribution in [3.05, 3.63) is 47.5 Å². The summed E-state index contributed by atoms with van der Waals surface area (Å²) in [4.78, 5) is 11.6. The first kappa shape index (κ1) is 11.6. The molecule has 0 saturated carbocycles. The van der Waals surface area contributed by atoms with Gasteiger partial charge in [-0.25, -0.2) is 5.43 Å². The smallest absolute Gasteiger partial charge is 0.267 e. The number of nitrogens with zero attached hydrogens (tertiary/aromatic N) is 1. The molecule has 0 radical (unpaired) electrons. The van der Waals surface area contributed by atoms with Gasteiger partial charge in [0.1, 0.15) is 0 Å². The van der Waals surface area contributed by atoms with Crippen LogP contribution in [0.4, 0.5) is 0 Å². The minimum absolute atomic E-state index is 0.168. The van der Waals surface area contributed by atoms with Gasteiger partial charge in [-0.2, -0.15) is 5.10 Å². The maximum Gasteiger partial charge on any atom is 0.271 e. The molecule has 1 amide bonds. The Balaban J connectivity index is 1.88. The van der Waals surface area contributed by atoms with Crippen LogP contribution >= 0.6 is 0 Å². The lowest BCUT2D eigenvalue weighted by Crippen LogP contribution is -2.17. The summed E-state index contributed by atoms with van der Waals surface area (Å²) >= 11 is 0. The lowest BCUT2D eigenvalue weighted by molar-refractivity contribution is 0.0955. The van der Waals surface area contributed by atoms with E-state index in [0.29, 0.717) is 5.56 Å². The molecule has 17 heavy (non-hydrogen) atoms. The van der Waals surface area contributed by atoms with Crippen LogP contribution in [-0.2, 0) is 0 Å². The summed E-state index contributed by atoms with van der Waals surface area (Å²) in [6, 6.07) is 9.09. The van der Waals surface area contributed by atoms with E-state index in [9.17, 15) is 4.79 Å². The number of nitrogens with one attached hydrogen (secondary N) is 1. The summed E-state index contributed by atoms with van der Waals surface area (Å²) in [7, 11) is 0. The quantitative estimate of drug-likeness (QED) is 0.627. The van der Waals surface area contributed by atoms with Gasteiger partial charge in [-0.15, -0.1) is 0 Å². The van der Waals surface area contributed by atoms with Crippen molar-refractivity contribution in [3.8, 4) is 0 Å². The number of amides is 1. The van der Waals surface area contributed by atoms with Crippen molar-refractivity contribution in [3.63, 3.8) is 0 Å². The Labute approximate surface area is 101 Å². The zero-order chi connectivity index (χ0) is 11.9. The summed E-state index contributed by atoms with van der Waals surface area (Å²) < 4.78 is 0. The van der Waals surface area contributed by atoms with E-state index in [1.54, 1.807) is 18.3 Å². The fourth-order valence-corrected chi connectivity index (χ4v) is 1.81. The van der Waals surface area contributed by atoms with Crippen molar-refractivity contribution in [2.24, 2.45) is 5.10 Å². The molecule has 0 fully saturated rings. The van der Waals surface area contributed by atoms with E-state index in [0.717, 1.165) is 12.8 Å². The fraction of sp³-hybridized carbons (Fsp3) is 0.286. The standard InChI is InChI=1S/C14H16N2O/c17-14(13-9-5-2-6-10-13)16-15-11-12-7-3-1-4-8-12/h2,5-7,9-11H,1,3-4,8H2,(H,16,17)/b15-11+. The highest BCUT2D eigenvalue weighted by molar-refractivity contribution is 5.94. The Bertz CT molecular complexity index is 435. The summed E-state index contributed by atoms with van der Waals surface area (Å²) in [5, 5.41) is 3.98. The Morgan fingerprint density at radius 1 is 1.24 bits per heavy atom. The molecule has 0 atom stereocenters. The van der Waals surface area contributed by atoms with E-state index in [-0.39, 0.29) is 5.91 Å². The Kier molecular flexibility index (Phi) is 4.08. The maximum absolute atomic E-state index is 11.6. The van der Waals surface area contributed by atoms with E-state index in [1.165, 1.54) is 18.4 Å². The van der Waals surface area contributed by atoms with Gasteiger partial charge in [0.05, 0.1) is 6.21 Å². The van der Waals surface area contributed by atoms with Gasteiger partial charge in [-0.1, -0.05) is 24.3 Å². The fourth-order valence-electron chi connectivity index (χ4n) is 1.81. The topological polar surface area (TPSA) is 41.5 Å². The van der Waals surface area contributed by atoms with E-state index >= 15 is 0 Å². The van der Waals surface area contributed by atoms with Crippen LogP contribution < -0.4 is 5.43 Å². The van der Waals surface area contributed by atoms with Crippen molar-refractivity contribution in [2.45, 2.75) is 25.7 Å². The number of hydrazone groups is 1. The number of allylic oxidation sites excluding steroid dienone is 2. The molecule has 0 unspecified atom stereocenters. The molecule has 0 spiro atoms. The highest BCUT2D eigenvalue weighted by Gasteiger charge is 2.03. The van der Waals surface area contributed by atoms with Gasteiger partial charge >= 0.3 is 0 Å². The van der Waals surface area contributed by atoms with Crippen molar-refractivity contribution >= 4 is 12.1 Å². The molecule has 2 rings (SSSR count). The monoisotopic (exact) mass is 228 g/mol. The lowest BCUT2D eigenvalue weighted by atomic mass is 10.0. The maximum atomic E-state index is 11.6. The van der Waals surface area contributed by atoms with E-state index in [4.69, 9.17) is 0 Å². The Hall–Kier alpha value is -1.90. The molecule has 0 heterocycles. The van der Waals surface area contributed by atoms with Crippen LogP contribution in [0, 0.1) is 0 Å². The molecule has 0 aromatic heterocycles. The van der Waals surface area contributed by atoms with Gasteiger partial charge in [0.2, 0.25) is 0 Å². The zero-order valence-electron chi connectivity index (χ0n) is 9.73. The third-order valence-corrected chi connectivity index (χ3v) is 2.76. The SMILES string of the molecule is O=C(N/N=C/C1=CCCCC1)c1ccccc1. The second-order valence-corrected chi connectivity index (χ2v) is 4.09. The molecule has 0 bridgehead atoms. The van der Waals surface area contributed by atoms with Crippen molar-refractivity contribution in [1.29, 1.82) is 0 Å². The minimum Gasteiger partial charge on any atom is -0.267 e. The molecule has 1 aliphatic rings. The van der Waals surface area contributed by atoms with Crippen LogP contribution in [0.2, 0.25) is 0 Å². The summed E-state index contributed by atoms with van der Waals surface area (Å²) in [5.41, 5.74) is 4.38. The predicted molar refractivity (Wildman–Crippen MR) is 69.0 cm³/mol. The van der Waals surface area contributed by atoms with Gasteiger partial charge in [0.15, 0.2) is 0 Å². The number of benzene rings is 1. The highest BCUT2D eigenvalue weighted by Crippen LogP contribution is 2.15. The molecule has 88 valence electrons. The van der Waals surface area contributed by atoms with Gasteiger partial charge in [0, 0.05) is 5.56 Å². The van der Waals surface area contributed by atoms with Gasteiger partial charge in [-0.3, -0.25) is 4.79 Å². The predicted octanol–water partition coefficient (Wildman–Crippen LogP) is 2.90. The van der Waals surface area contributed by atoms with E-state index in [1.807, 2.05) is 18.2 Å². The number of rotatable bonds is 3. The minimum atomic E-state index is -0.168. The average molecular weight is 228 g/mol. The molecule has 0 saturated heterocycles. The summed E-state index contributed by atoms with van der Waals surface area (Å²) in [6.07, 6.45) is 8.58. The van der Waals surface area contributed by atoms with E-state index in [2.05, 4.69) is 16.6 Å². The zero-order valence-corrected chi connectivity index (χ0v) is 9.73. The number of hydrogen-bond acceptors (Lipinski definition) is 2. The van der Waals surface area contributed by atoms with Crippen LogP contribution in [0.15, 0.2) is 47.1 Å². The van der Waals surface area contributed by atoms with Crippen LogP contribution in [0.25, 0.3) is 0 Å². The third kappa shape index (κ3) is 3.55. The summed E-state index contributed by atoms with van der Waals surface area (Å²) in [6.45, 7) is 0. The largest absolute Gasteiger partial charge is 0.271 e. The van der Waals surface area contributed by atoms with Crippen molar-refractivity contribution < 1.29 is 4.79 Å². The number of carbonyl (C=O) groups excluding carboxylic acids is 1. The van der Waals surface area contributed by atoms with Crippen LogP contribution in [0.1, 0.15) is 36.0 Å². The molecular formula is C14H16N2O. The van der Waals surface area contributed by atoms with Crippen molar-refractivity contribution in [2.75, 3.05) is 0 Å². The first-order valence-electron chi connectivity index (χ1n) is 5.94. The van der Waals surface area contributed by atoms with E-state index < -0.39 is 0 Å². The second kappa shape index (κ2) is 5.99. The average Bonchev–Trinajstić information content (AvgIpc) is 2.41. The number of hydrogen-bond donors (Lipinski definition) is 1. The van der Waals surface area contributed by atoms with Crippen LogP contribution in [-0.4, -0.2) is 12.1 Å². The highest BCUT2D eigenvalue weighted by atomic mass is 16.2. The number of carbonyl (C=O) groups is 1. The molecule has 1 aromatic carbocycles. The lowest BCUT2D eigenvalue weighted by Gasteiger charge is -2.07. The van der Waals surface area contributed by atoms with Gasteiger partial charge in [-0.05, 0) is 43.4 Å². The molecule has 3 heteroatoms. The van der Waals surface area contributed by atoms with Crippen LogP contribution in [0.5, 0.6) is 0 Å². The molecule has 0 aliphatic heterocycles. The molecule has 1 aliphatic carbocycles. The first-order chi connectivity index (χ1) is 8.36.